The van der Waals surface area contributed by atoms with E-state index in [4.69, 9.17) is 0 Å². The monoisotopic (exact) mass is 561 g/mol. The van der Waals surface area contributed by atoms with Crippen LogP contribution in [0.4, 0.5) is 27.1 Å². The van der Waals surface area contributed by atoms with Gasteiger partial charge in [-0.05, 0) is 25.0 Å². The molecule has 1 aromatic heterocycles. The summed E-state index contributed by atoms with van der Waals surface area (Å²) in [6.07, 6.45) is 3.63. The number of ether oxygens (including phenoxy) is 1. The average Bonchev–Trinajstić information content (AvgIpc) is 3.16. The topological polar surface area (TPSA) is 88.6 Å². The van der Waals surface area contributed by atoms with E-state index in [2.05, 4.69) is 15.0 Å². The fourth-order valence-electron chi connectivity index (χ4n) is 3.70. The van der Waals surface area contributed by atoms with Gasteiger partial charge < -0.3 is 4.74 Å². The molecule has 37 heavy (non-hydrogen) atoms. The molecule has 1 aliphatic rings. The summed E-state index contributed by atoms with van der Waals surface area (Å²) in [5.74, 6) is -13.6. The number of rotatable bonds is 7. The third kappa shape index (κ3) is 5.75. The van der Waals surface area contributed by atoms with Crippen LogP contribution in [0, 0.1) is 29.1 Å². The number of aromatic nitrogens is 1. The highest BCUT2D eigenvalue weighted by Gasteiger charge is 2.28. The maximum atomic E-state index is 13.7. The van der Waals surface area contributed by atoms with E-state index >= 15 is 0 Å². The second-order valence-electron chi connectivity index (χ2n) is 8.12. The summed E-state index contributed by atoms with van der Waals surface area (Å²) in [6, 6.07) is 6.12. The quantitative estimate of drug-likeness (QED) is 0.247. The number of thiazole rings is 1. The van der Waals surface area contributed by atoms with Crippen LogP contribution < -0.4 is 10.1 Å². The predicted molar refractivity (Wildman–Crippen MR) is 125 cm³/mol. The van der Waals surface area contributed by atoms with Crippen molar-refractivity contribution in [2.75, 3.05) is 25.0 Å². The second-order valence-corrected chi connectivity index (χ2v) is 10.9. The molecule has 2 heterocycles. The Morgan fingerprint density at radius 2 is 1.49 bits per heavy atom. The standard InChI is InChI=1S/C23H20F5N3O4S2/c24-17-18(25)20(27)22(21(28)19(17)26)35-11-16(32)30-23-29-15(12-36-23)13-5-7-14(8-6-13)37(33,34)31-9-3-1-2-4-10-31/h5-8,12H,1-4,9-11H2,(H,29,30,32). The Hall–Kier alpha value is -3.10. The van der Waals surface area contributed by atoms with Crippen LogP contribution in [0.25, 0.3) is 11.3 Å². The number of sulfonamides is 1. The Labute approximate surface area is 212 Å². The normalized spacial score (nSPS) is 14.8. The molecule has 0 spiro atoms. The molecule has 7 nitrogen and oxygen atoms in total. The molecule has 3 aromatic rings. The number of nitrogens with one attached hydrogen (secondary N) is 1. The van der Waals surface area contributed by atoms with Gasteiger partial charge >= 0.3 is 0 Å². The minimum Gasteiger partial charge on any atom is -0.477 e. The summed E-state index contributed by atoms with van der Waals surface area (Å²) in [4.78, 5) is 16.4. The molecule has 0 aliphatic carbocycles. The first-order chi connectivity index (χ1) is 17.6. The summed E-state index contributed by atoms with van der Waals surface area (Å²) < 4.78 is 98.8. The van der Waals surface area contributed by atoms with Crippen LogP contribution in [0.5, 0.6) is 5.75 Å². The third-order valence-corrected chi connectivity index (χ3v) is 8.29. The fraction of sp³-hybridized carbons (Fsp3) is 0.304. The molecule has 0 saturated carbocycles. The van der Waals surface area contributed by atoms with Crippen molar-refractivity contribution in [2.45, 2.75) is 30.6 Å². The molecule has 1 aliphatic heterocycles. The van der Waals surface area contributed by atoms with Gasteiger partial charge in [-0.25, -0.2) is 26.6 Å². The van der Waals surface area contributed by atoms with E-state index in [1.54, 1.807) is 17.5 Å². The number of anilines is 1. The second kappa shape index (κ2) is 11.1. The highest BCUT2D eigenvalue weighted by molar-refractivity contribution is 7.89. The van der Waals surface area contributed by atoms with E-state index in [1.165, 1.54) is 16.4 Å². The Morgan fingerprint density at radius 3 is 2.08 bits per heavy atom. The van der Waals surface area contributed by atoms with Gasteiger partial charge in [0.05, 0.1) is 10.6 Å². The number of carbonyl (C=O) groups excluding carboxylic acids is 1. The largest absolute Gasteiger partial charge is 0.477 e. The van der Waals surface area contributed by atoms with Gasteiger partial charge in [-0.15, -0.1) is 11.3 Å². The van der Waals surface area contributed by atoms with Gasteiger partial charge in [0.1, 0.15) is 0 Å². The third-order valence-electron chi connectivity index (χ3n) is 5.62. The molecular weight excluding hydrogens is 541 g/mol. The van der Waals surface area contributed by atoms with Crippen LogP contribution in [0.15, 0.2) is 34.5 Å². The number of nitrogens with zero attached hydrogens (tertiary/aromatic N) is 2. The number of benzene rings is 2. The smallest absolute Gasteiger partial charge is 0.264 e. The molecule has 1 N–H and O–H groups in total. The lowest BCUT2D eigenvalue weighted by Crippen LogP contribution is -2.31. The fourth-order valence-corrected chi connectivity index (χ4v) is 5.95. The molecule has 2 aromatic carbocycles. The maximum Gasteiger partial charge on any atom is 0.264 e. The van der Waals surface area contributed by atoms with E-state index in [-0.39, 0.29) is 10.0 Å². The van der Waals surface area contributed by atoms with Gasteiger partial charge in [-0.3, -0.25) is 10.1 Å². The number of halogens is 5. The zero-order valence-corrected chi connectivity index (χ0v) is 20.7. The lowest BCUT2D eigenvalue weighted by molar-refractivity contribution is -0.118. The molecule has 198 valence electrons. The van der Waals surface area contributed by atoms with E-state index in [9.17, 15) is 35.2 Å². The minimum atomic E-state index is -3.61. The van der Waals surface area contributed by atoms with Crippen LogP contribution in [0.3, 0.4) is 0 Å². The van der Waals surface area contributed by atoms with Crippen LogP contribution >= 0.6 is 11.3 Å². The predicted octanol–water partition coefficient (Wildman–Crippen LogP) is 5.09. The van der Waals surface area contributed by atoms with Crippen molar-refractivity contribution in [3.05, 3.63) is 58.7 Å². The molecule has 1 amide bonds. The lowest BCUT2D eigenvalue weighted by atomic mass is 10.2. The van der Waals surface area contributed by atoms with Crippen molar-refractivity contribution in [1.29, 1.82) is 0 Å². The number of amides is 1. The Kier molecular flexibility index (Phi) is 8.09. The molecular formula is C23H20F5N3O4S2. The molecule has 4 rings (SSSR count). The van der Waals surface area contributed by atoms with Crippen molar-refractivity contribution < 1.29 is 39.9 Å². The van der Waals surface area contributed by atoms with Crippen LogP contribution in [-0.4, -0.2) is 43.3 Å². The Morgan fingerprint density at radius 1 is 0.919 bits per heavy atom. The van der Waals surface area contributed by atoms with E-state index in [0.29, 0.717) is 24.3 Å². The SMILES string of the molecule is O=C(COc1c(F)c(F)c(F)c(F)c1F)Nc1nc(-c2ccc(S(=O)(=O)N3CCCCCC3)cc2)cs1. The summed E-state index contributed by atoms with van der Waals surface area (Å²) in [7, 11) is -3.61. The highest BCUT2D eigenvalue weighted by atomic mass is 32.2. The van der Waals surface area contributed by atoms with E-state index in [0.717, 1.165) is 37.0 Å². The van der Waals surface area contributed by atoms with Gasteiger partial charge in [-0.1, -0.05) is 25.0 Å². The van der Waals surface area contributed by atoms with Crippen LogP contribution in [-0.2, 0) is 14.8 Å². The number of carbonyl (C=O) groups is 1. The van der Waals surface area contributed by atoms with Crippen molar-refractivity contribution >= 4 is 32.4 Å². The molecule has 0 atom stereocenters. The summed E-state index contributed by atoms with van der Waals surface area (Å²) in [6.45, 7) is -0.0865. The molecule has 0 unspecified atom stereocenters. The summed E-state index contributed by atoms with van der Waals surface area (Å²) >= 11 is 0.999. The van der Waals surface area contributed by atoms with Crippen molar-refractivity contribution in [2.24, 2.45) is 0 Å². The van der Waals surface area contributed by atoms with Gasteiger partial charge in [0.25, 0.3) is 5.91 Å². The first-order valence-corrected chi connectivity index (χ1v) is 13.4. The van der Waals surface area contributed by atoms with Gasteiger partial charge in [-0.2, -0.15) is 13.1 Å². The molecule has 0 radical (unpaired) electrons. The average molecular weight is 562 g/mol. The first kappa shape index (κ1) is 26.9. The van der Waals surface area contributed by atoms with Gasteiger partial charge in [0.2, 0.25) is 39.1 Å². The number of hydrogen-bond acceptors (Lipinski definition) is 6. The van der Waals surface area contributed by atoms with Gasteiger partial charge in [0, 0.05) is 24.0 Å². The van der Waals surface area contributed by atoms with Crippen molar-refractivity contribution in [3.8, 4) is 17.0 Å². The summed E-state index contributed by atoms with van der Waals surface area (Å²) in [5.41, 5.74) is 0.990. The zero-order chi connectivity index (χ0) is 26.7. The van der Waals surface area contributed by atoms with Gasteiger partial charge in [0.15, 0.2) is 17.5 Å². The molecule has 0 bridgehead atoms. The Balaban J connectivity index is 1.40. The number of hydrogen-bond donors (Lipinski definition) is 1. The zero-order valence-electron chi connectivity index (χ0n) is 19.1. The van der Waals surface area contributed by atoms with Crippen molar-refractivity contribution in [3.63, 3.8) is 0 Å². The molecule has 1 fully saturated rings. The molecule has 1 saturated heterocycles. The first-order valence-electron chi connectivity index (χ1n) is 11.1. The maximum absolute atomic E-state index is 13.7. The summed E-state index contributed by atoms with van der Waals surface area (Å²) in [5, 5.41) is 3.95. The highest BCUT2D eigenvalue weighted by Crippen LogP contribution is 2.30. The van der Waals surface area contributed by atoms with E-state index in [1.807, 2.05) is 0 Å². The van der Waals surface area contributed by atoms with Crippen molar-refractivity contribution in [1.82, 2.24) is 9.29 Å². The lowest BCUT2D eigenvalue weighted by Gasteiger charge is -2.19. The molecule has 14 heteroatoms. The van der Waals surface area contributed by atoms with Crippen LogP contribution in [0.2, 0.25) is 0 Å². The Bertz CT molecular complexity index is 1380. The van der Waals surface area contributed by atoms with Crippen LogP contribution in [0.1, 0.15) is 25.7 Å². The van der Waals surface area contributed by atoms with E-state index < -0.39 is 57.4 Å². The minimum absolute atomic E-state index is 0.0716.